The van der Waals surface area contributed by atoms with Gasteiger partial charge in [-0.1, -0.05) is 39.2 Å². The fourth-order valence-electron chi connectivity index (χ4n) is 2.17. The van der Waals surface area contributed by atoms with Crippen molar-refractivity contribution in [3.8, 4) is 5.75 Å². The van der Waals surface area contributed by atoms with Crippen LogP contribution in [0.3, 0.4) is 0 Å². The van der Waals surface area contributed by atoms with Crippen molar-refractivity contribution in [1.82, 2.24) is 0 Å². The van der Waals surface area contributed by atoms with Gasteiger partial charge in [-0.2, -0.15) is 0 Å². The first-order chi connectivity index (χ1) is 10.6. The Morgan fingerprint density at radius 2 is 2.14 bits per heavy atom. The standard InChI is InChI=1S/C18H28O3S/c1-4-6-7-15(5-2)13-21-18(20)10-11-22-17-9-8-14(3)12-16(17)19/h8-9,12,15,19H,4-7,10-11,13H2,1-3H3. The summed E-state index contributed by atoms with van der Waals surface area (Å²) in [5, 5.41) is 9.81. The van der Waals surface area contributed by atoms with E-state index in [0.717, 1.165) is 23.3 Å². The maximum Gasteiger partial charge on any atom is 0.306 e. The summed E-state index contributed by atoms with van der Waals surface area (Å²) in [5.41, 5.74) is 1.03. The van der Waals surface area contributed by atoms with Crippen molar-refractivity contribution in [3.05, 3.63) is 23.8 Å². The zero-order chi connectivity index (χ0) is 16.4. The molecule has 1 N–H and O–H groups in total. The van der Waals surface area contributed by atoms with E-state index >= 15 is 0 Å². The first kappa shape index (κ1) is 18.9. The maximum atomic E-state index is 11.8. The van der Waals surface area contributed by atoms with Crippen molar-refractivity contribution in [2.45, 2.75) is 57.8 Å². The highest BCUT2D eigenvalue weighted by molar-refractivity contribution is 7.99. The predicted molar refractivity (Wildman–Crippen MR) is 92.4 cm³/mol. The average Bonchev–Trinajstić information content (AvgIpc) is 2.49. The lowest BCUT2D eigenvalue weighted by Crippen LogP contribution is -2.14. The number of thioether (sulfide) groups is 1. The molecular weight excluding hydrogens is 296 g/mol. The van der Waals surface area contributed by atoms with E-state index in [-0.39, 0.29) is 11.7 Å². The van der Waals surface area contributed by atoms with E-state index in [1.165, 1.54) is 24.6 Å². The average molecular weight is 324 g/mol. The number of aromatic hydroxyl groups is 1. The number of unbranched alkanes of at least 4 members (excludes halogenated alkanes) is 1. The topological polar surface area (TPSA) is 46.5 Å². The Kier molecular flexibility index (Phi) is 9.05. The van der Waals surface area contributed by atoms with Gasteiger partial charge in [-0.25, -0.2) is 0 Å². The Morgan fingerprint density at radius 3 is 2.77 bits per heavy atom. The van der Waals surface area contributed by atoms with Crippen LogP contribution in [-0.2, 0) is 9.53 Å². The highest BCUT2D eigenvalue weighted by Crippen LogP contribution is 2.29. The fourth-order valence-corrected chi connectivity index (χ4v) is 3.03. The lowest BCUT2D eigenvalue weighted by molar-refractivity contribution is -0.144. The molecule has 0 fully saturated rings. The predicted octanol–water partition coefficient (Wildman–Crippen LogP) is 4.94. The summed E-state index contributed by atoms with van der Waals surface area (Å²) in [6.45, 7) is 6.80. The van der Waals surface area contributed by atoms with Gasteiger partial charge < -0.3 is 9.84 Å². The molecule has 0 aliphatic heterocycles. The highest BCUT2D eigenvalue weighted by atomic mass is 32.2. The molecule has 0 aliphatic carbocycles. The molecule has 1 aromatic carbocycles. The van der Waals surface area contributed by atoms with Crippen molar-refractivity contribution in [2.75, 3.05) is 12.4 Å². The van der Waals surface area contributed by atoms with Crippen LogP contribution in [0.4, 0.5) is 0 Å². The van der Waals surface area contributed by atoms with Gasteiger partial charge >= 0.3 is 5.97 Å². The number of ether oxygens (including phenoxy) is 1. The van der Waals surface area contributed by atoms with Crippen LogP contribution in [0.1, 0.15) is 51.5 Å². The molecule has 0 saturated carbocycles. The third kappa shape index (κ3) is 7.21. The number of phenols is 1. The number of carbonyl (C=O) groups is 1. The molecule has 124 valence electrons. The molecular formula is C18H28O3S. The van der Waals surface area contributed by atoms with E-state index in [1.807, 2.05) is 19.1 Å². The number of benzene rings is 1. The molecule has 1 unspecified atom stereocenters. The Labute approximate surface area is 138 Å². The number of phenolic OH excluding ortho intramolecular Hbond substituents is 1. The normalized spacial score (nSPS) is 12.1. The summed E-state index contributed by atoms with van der Waals surface area (Å²) in [5.74, 6) is 1.25. The van der Waals surface area contributed by atoms with Gasteiger partial charge in [-0.3, -0.25) is 4.79 Å². The SMILES string of the molecule is CCCCC(CC)COC(=O)CCSc1ccc(C)cc1O. The van der Waals surface area contributed by atoms with Gasteiger partial charge in [-0.15, -0.1) is 11.8 Å². The Morgan fingerprint density at radius 1 is 1.36 bits per heavy atom. The molecule has 0 heterocycles. The summed E-state index contributed by atoms with van der Waals surface area (Å²) >= 11 is 1.49. The quantitative estimate of drug-likeness (QED) is 0.489. The number of esters is 1. The molecule has 1 rings (SSSR count). The van der Waals surface area contributed by atoms with Crippen LogP contribution in [-0.4, -0.2) is 23.4 Å². The zero-order valence-electron chi connectivity index (χ0n) is 13.9. The van der Waals surface area contributed by atoms with E-state index in [0.29, 0.717) is 24.7 Å². The Bertz CT molecular complexity index is 460. The summed E-state index contributed by atoms with van der Waals surface area (Å²) in [6, 6.07) is 5.58. The second-order valence-corrected chi connectivity index (χ2v) is 6.81. The van der Waals surface area contributed by atoms with Crippen molar-refractivity contribution in [3.63, 3.8) is 0 Å². The molecule has 4 heteroatoms. The minimum Gasteiger partial charge on any atom is -0.507 e. The van der Waals surface area contributed by atoms with Crippen LogP contribution < -0.4 is 0 Å². The first-order valence-corrected chi connectivity index (χ1v) is 9.13. The first-order valence-electron chi connectivity index (χ1n) is 8.14. The van der Waals surface area contributed by atoms with Crippen LogP contribution in [0.25, 0.3) is 0 Å². The van der Waals surface area contributed by atoms with Crippen molar-refractivity contribution < 1.29 is 14.6 Å². The van der Waals surface area contributed by atoms with E-state index in [1.54, 1.807) is 6.07 Å². The van der Waals surface area contributed by atoms with Gasteiger partial charge in [0.05, 0.1) is 13.0 Å². The van der Waals surface area contributed by atoms with Gasteiger partial charge in [0.25, 0.3) is 0 Å². The number of rotatable bonds is 10. The van der Waals surface area contributed by atoms with E-state index in [4.69, 9.17) is 4.74 Å². The van der Waals surface area contributed by atoms with Crippen molar-refractivity contribution >= 4 is 17.7 Å². The number of aryl methyl sites for hydroxylation is 1. The van der Waals surface area contributed by atoms with Crippen molar-refractivity contribution in [1.29, 1.82) is 0 Å². The second kappa shape index (κ2) is 10.5. The molecule has 0 spiro atoms. The van der Waals surface area contributed by atoms with Crippen LogP contribution in [0, 0.1) is 12.8 Å². The fraction of sp³-hybridized carbons (Fsp3) is 0.611. The molecule has 22 heavy (non-hydrogen) atoms. The maximum absolute atomic E-state index is 11.8. The monoisotopic (exact) mass is 324 g/mol. The summed E-state index contributed by atoms with van der Waals surface area (Å²) in [6.07, 6.45) is 4.94. The van der Waals surface area contributed by atoms with Crippen LogP contribution in [0.15, 0.2) is 23.1 Å². The lowest BCUT2D eigenvalue weighted by atomic mass is 10.0. The molecule has 1 aromatic rings. The smallest absolute Gasteiger partial charge is 0.306 e. The minimum atomic E-state index is -0.144. The largest absolute Gasteiger partial charge is 0.507 e. The van der Waals surface area contributed by atoms with Crippen molar-refractivity contribution in [2.24, 2.45) is 5.92 Å². The van der Waals surface area contributed by atoms with Gasteiger partial charge in [0.1, 0.15) is 5.75 Å². The van der Waals surface area contributed by atoms with Crippen LogP contribution in [0.5, 0.6) is 5.75 Å². The third-order valence-electron chi connectivity index (χ3n) is 3.70. The Hall–Kier alpha value is -1.16. The zero-order valence-corrected chi connectivity index (χ0v) is 14.7. The van der Waals surface area contributed by atoms with E-state index in [2.05, 4.69) is 13.8 Å². The van der Waals surface area contributed by atoms with Crippen LogP contribution in [0.2, 0.25) is 0 Å². The summed E-state index contributed by atoms with van der Waals surface area (Å²) in [4.78, 5) is 12.6. The van der Waals surface area contributed by atoms with E-state index in [9.17, 15) is 9.90 Å². The molecule has 0 saturated heterocycles. The lowest BCUT2D eigenvalue weighted by Gasteiger charge is -2.14. The summed E-state index contributed by atoms with van der Waals surface area (Å²) < 4.78 is 5.36. The number of carbonyl (C=O) groups excluding carboxylic acids is 1. The van der Waals surface area contributed by atoms with Gasteiger partial charge in [-0.05, 0) is 37.0 Å². The van der Waals surface area contributed by atoms with Crippen LogP contribution >= 0.6 is 11.8 Å². The highest BCUT2D eigenvalue weighted by Gasteiger charge is 2.10. The molecule has 3 nitrogen and oxygen atoms in total. The van der Waals surface area contributed by atoms with E-state index < -0.39 is 0 Å². The van der Waals surface area contributed by atoms with Gasteiger partial charge in [0.15, 0.2) is 0 Å². The minimum absolute atomic E-state index is 0.144. The molecule has 0 radical (unpaired) electrons. The summed E-state index contributed by atoms with van der Waals surface area (Å²) in [7, 11) is 0. The molecule has 0 aromatic heterocycles. The molecule has 0 amide bonds. The Balaban J connectivity index is 2.25. The number of hydrogen-bond donors (Lipinski definition) is 1. The molecule has 0 bridgehead atoms. The second-order valence-electron chi connectivity index (χ2n) is 5.67. The molecule has 0 aliphatic rings. The number of hydrogen-bond acceptors (Lipinski definition) is 4. The third-order valence-corrected chi connectivity index (χ3v) is 4.77. The van der Waals surface area contributed by atoms with Gasteiger partial charge in [0, 0.05) is 10.6 Å². The molecule has 1 atom stereocenters. The van der Waals surface area contributed by atoms with Gasteiger partial charge in [0.2, 0.25) is 0 Å².